The molecule has 1 aromatic rings. The number of carbonyl (C=O) groups is 1. The van der Waals surface area contributed by atoms with Gasteiger partial charge in [-0.15, -0.1) is 0 Å². The van der Waals surface area contributed by atoms with Gasteiger partial charge in [-0.05, 0) is 30.5 Å². The van der Waals surface area contributed by atoms with Gasteiger partial charge in [-0.1, -0.05) is 19.9 Å². The molecular formula is C13H20N2O3. The normalized spacial score (nSPS) is 14.3. The summed E-state index contributed by atoms with van der Waals surface area (Å²) in [6, 6.07) is 5.51. The minimum absolute atomic E-state index is 0.297. The van der Waals surface area contributed by atoms with Crippen LogP contribution in [0, 0.1) is 0 Å². The molecule has 0 amide bonds. The van der Waals surface area contributed by atoms with Crippen molar-refractivity contribution in [1.29, 1.82) is 0 Å². The maximum atomic E-state index is 11.4. The number of hydrazine groups is 1. The van der Waals surface area contributed by atoms with E-state index in [1.807, 2.05) is 26.0 Å². The summed E-state index contributed by atoms with van der Waals surface area (Å²) in [6.45, 7) is 5.59. The zero-order valence-corrected chi connectivity index (χ0v) is 11.2. The van der Waals surface area contributed by atoms with Gasteiger partial charge in [-0.2, -0.15) is 0 Å². The molecule has 0 heterocycles. The average Bonchev–Trinajstić information content (AvgIpc) is 2.36. The first-order chi connectivity index (χ1) is 8.36. The summed E-state index contributed by atoms with van der Waals surface area (Å²) in [5.74, 6) is 5.15. The van der Waals surface area contributed by atoms with Crippen molar-refractivity contribution in [3.63, 3.8) is 0 Å². The van der Waals surface area contributed by atoms with E-state index in [9.17, 15) is 9.90 Å². The highest BCUT2D eigenvalue weighted by molar-refractivity contribution is 5.81. The Kier molecular flexibility index (Phi) is 4.32. The summed E-state index contributed by atoms with van der Waals surface area (Å²) in [6.07, 6.45) is 0. The molecule has 1 aromatic carbocycles. The highest BCUT2D eigenvalue weighted by atomic mass is 16.5. The van der Waals surface area contributed by atoms with Gasteiger partial charge < -0.3 is 9.84 Å². The first-order valence-electron chi connectivity index (χ1n) is 5.76. The molecule has 0 aliphatic carbocycles. The summed E-state index contributed by atoms with van der Waals surface area (Å²) in [5.41, 5.74) is 2.53. The molecule has 0 aliphatic heterocycles. The van der Waals surface area contributed by atoms with Crippen LogP contribution in [0.5, 0.6) is 5.75 Å². The Morgan fingerprint density at radius 2 is 2.11 bits per heavy atom. The lowest BCUT2D eigenvalue weighted by atomic mass is 9.88. The largest absolute Gasteiger partial charge is 0.496 e. The molecule has 4 N–H and O–H groups in total. The Morgan fingerprint density at radius 1 is 1.50 bits per heavy atom. The van der Waals surface area contributed by atoms with Gasteiger partial charge in [0.1, 0.15) is 5.75 Å². The van der Waals surface area contributed by atoms with Crippen LogP contribution in [0.1, 0.15) is 37.8 Å². The molecule has 1 atom stereocenters. The molecule has 0 aromatic heterocycles. The maximum absolute atomic E-state index is 11.4. The molecule has 0 aliphatic rings. The van der Waals surface area contributed by atoms with Gasteiger partial charge in [0.25, 0.3) is 0 Å². The van der Waals surface area contributed by atoms with Gasteiger partial charge in [0.05, 0.1) is 7.11 Å². The molecule has 0 radical (unpaired) electrons. The number of aliphatic carboxylic acids is 1. The van der Waals surface area contributed by atoms with Crippen LogP contribution < -0.4 is 16.0 Å². The number of benzene rings is 1. The Hall–Kier alpha value is -1.59. The van der Waals surface area contributed by atoms with Gasteiger partial charge in [0.2, 0.25) is 0 Å². The quantitative estimate of drug-likeness (QED) is 0.547. The zero-order chi connectivity index (χ0) is 13.9. The van der Waals surface area contributed by atoms with E-state index in [1.165, 1.54) is 14.0 Å². The number of hydrogen-bond acceptors (Lipinski definition) is 4. The lowest BCUT2D eigenvalue weighted by Gasteiger charge is -2.27. The van der Waals surface area contributed by atoms with Gasteiger partial charge in [0.15, 0.2) is 5.54 Å². The Bertz CT molecular complexity index is 446. The molecule has 1 unspecified atom stereocenters. The van der Waals surface area contributed by atoms with E-state index in [4.69, 9.17) is 10.6 Å². The van der Waals surface area contributed by atoms with Crippen molar-refractivity contribution in [3.05, 3.63) is 29.3 Å². The number of methoxy groups -OCH3 is 1. The molecule has 0 saturated heterocycles. The first-order valence-corrected chi connectivity index (χ1v) is 5.76. The maximum Gasteiger partial charge on any atom is 0.329 e. The van der Waals surface area contributed by atoms with Crippen molar-refractivity contribution in [2.75, 3.05) is 7.11 Å². The van der Waals surface area contributed by atoms with Crippen molar-refractivity contribution in [2.45, 2.75) is 32.2 Å². The average molecular weight is 252 g/mol. The Balaban J connectivity index is 3.44. The van der Waals surface area contributed by atoms with Crippen LogP contribution in [-0.2, 0) is 10.3 Å². The van der Waals surface area contributed by atoms with Crippen LogP contribution in [0.3, 0.4) is 0 Å². The molecule has 5 nitrogen and oxygen atoms in total. The van der Waals surface area contributed by atoms with Crippen LogP contribution in [0.15, 0.2) is 18.2 Å². The van der Waals surface area contributed by atoms with Gasteiger partial charge in [-0.25, -0.2) is 10.2 Å². The molecular weight excluding hydrogens is 232 g/mol. The van der Waals surface area contributed by atoms with E-state index in [2.05, 4.69) is 5.43 Å². The molecule has 0 bridgehead atoms. The standard InChI is InChI=1S/C13H20N2O3/c1-8(2)9-5-6-11(18-4)10(7-9)13(3,15-14)12(16)17/h5-8,15H,14H2,1-4H3,(H,16,17). The van der Waals surface area contributed by atoms with Crippen LogP contribution in [0.25, 0.3) is 0 Å². The van der Waals surface area contributed by atoms with Crippen molar-refractivity contribution in [2.24, 2.45) is 5.84 Å². The summed E-state index contributed by atoms with van der Waals surface area (Å²) >= 11 is 0. The van der Waals surface area contributed by atoms with Crippen LogP contribution in [-0.4, -0.2) is 18.2 Å². The van der Waals surface area contributed by atoms with Crippen molar-refractivity contribution < 1.29 is 14.6 Å². The number of hydrogen-bond donors (Lipinski definition) is 3. The highest BCUT2D eigenvalue weighted by Crippen LogP contribution is 2.32. The summed E-state index contributed by atoms with van der Waals surface area (Å²) in [7, 11) is 1.51. The predicted octanol–water partition coefficient (Wildman–Crippen LogP) is 1.58. The number of ether oxygens (including phenoxy) is 1. The molecule has 0 saturated carbocycles. The molecule has 5 heteroatoms. The van der Waals surface area contributed by atoms with Crippen molar-refractivity contribution >= 4 is 5.97 Å². The minimum Gasteiger partial charge on any atom is -0.496 e. The number of carboxylic acid groups (broad SMARTS) is 1. The topological polar surface area (TPSA) is 84.6 Å². The van der Waals surface area contributed by atoms with Crippen LogP contribution in [0.2, 0.25) is 0 Å². The van der Waals surface area contributed by atoms with Crippen molar-refractivity contribution in [3.8, 4) is 5.75 Å². The summed E-state index contributed by atoms with van der Waals surface area (Å²) in [4.78, 5) is 11.4. The van der Waals surface area contributed by atoms with E-state index >= 15 is 0 Å². The van der Waals surface area contributed by atoms with Crippen LogP contribution >= 0.6 is 0 Å². The SMILES string of the molecule is COc1ccc(C(C)C)cc1C(C)(NN)C(=O)O. The second-order valence-corrected chi connectivity index (χ2v) is 4.69. The summed E-state index contributed by atoms with van der Waals surface area (Å²) < 4.78 is 5.22. The van der Waals surface area contributed by atoms with Gasteiger partial charge >= 0.3 is 5.97 Å². The third-order valence-electron chi connectivity index (χ3n) is 3.15. The Morgan fingerprint density at radius 3 is 2.50 bits per heavy atom. The fourth-order valence-corrected chi connectivity index (χ4v) is 1.73. The second kappa shape index (κ2) is 5.37. The second-order valence-electron chi connectivity index (χ2n) is 4.69. The summed E-state index contributed by atoms with van der Waals surface area (Å²) in [5, 5.41) is 9.34. The fraction of sp³-hybridized carbons (Fsp3) is 0.462. The molecule has 0 fully saturated rings. The number of carboxylic acids is 1. The highest BCUT2D eigenvalue weighted by Gasteiger charge is 2.37. The third kappa shape index (κ3) is 2.47. The number of rotatable bonds is 5. The monoisotopic (exact) mass is 252 g/mol. The molecule has 0 spiro atoms. The zero-order valence-electron chi connectivity index (χ0n) is 11.2. The van der Waals surface area contributed by atoms with Gasteiger partial charge in [-0.3, -0.25) is 5.84 Å². The van der Waals surface area contributed by atoms with Crippen molar-refractivity contribution in [1.82, 2.24) is 5.43 Å². The minimum atomic E-state index is -1.38. The van der Waals surface area contributed by atoms with Gasteiger partial charge in [0, 0.05) is 5.56 Å². The number of nitrogens with two attached hydrogens (primary N) is 1. The lowest BCUT2D eigenvalue weighted by molar-refractivity contribution is -0.144. The van der Waals surface area contributed by atoms with Crippen LogP contribution in [0.4, 0.5) is 0 Å². The predicted molar refractivity (Wildman–Crippen MR) is 69.4 cm³/mol. The lowest BCUT2D eigenvalue weighted by Crippen LogP contribution is -2.50. The smallest absolute Gasteiger partial charge is 0.329 e. The van der Waals surface area contributed by atoms with E-state index in [0.717, 1.165) is 5.56 Å². The van der Waals surface area contributed by atoms with E-state index < -0.39 is 11.5 Å². The molecule has 18 heavy (non-hydrogen) atoms. The van der Waals surface area contributed by atoms with E-state index in [0.29, 0.717) is 17.2 Å². The Labute approximate surface area is 107 Å². The molecule has 1 rings (SSSR count). The van der Waals surface area contributed by atoms with E-state index in [1.54, 1.807) is 6.07 Å². The molecule has 100 valence electrons. The number of nitrogens with one attached hydrogen (secondary N) is 1. The third-order valence-corrected chi connectivity index (χ3v) is 3.15. The fourth-order valence-electron chi connectivity index (χ4n) is 1.73. The first kappa shape index (κ1) is 14.5. The van der Waals surface area contributed by atoms with E-state index in [-0.39, 0.29) is 0 Å².